The van der Waals surface area contributed by atoms with Gasteiger partial charge in [-0.25, -0.2) is 0 Å². The molecule has 0 radical (unpaired) electrons. The van der Waals surface area contributed by atoms with Crippen LogP contribution in [-0.4, -0.2) is 30.4 Å². The molecular weight excluding hydrogens is 283 g/mol. The fraction of sp³-hybridized carbons (Fsp3) is 0.429. The van der Waals surface area contributed by atoms with Crippen molar-refractivity contribution in [3.05, 3.63) is 35.4 Å². The summed E-state index contributed by atoms with van der Waals surface area (Å²) in [6.45, 7) is 1.38. The zero-order chi connectivity index (χ0) is 14.3. The topological polar surface area (TPSA) is 86.5 Å². The van der Waals surface area contributed by atoms with Crippen LogP contribution in [0.15, 0.2) is 24.3 Å². The minimum absolute atomic E-state index is 0. The van der Waals surface area contributed by atoms with Gasteiger partial charge in [0.05, 0.1) is 0 Å². The van der Waals surface area contributed by atoms with Crippen molar-refractivity contribution in [2.45, 2.75) is 25.8 Å². The standard InChI is InChI=1S/C13H16N2O2.CH3O.K/c14-12(16)5-6-13(17)15-8-7-10-3-1-2-4-11(10)9-15;1-2;/h1-4H,5-9H2,(H2,14,16);1H3;/q;-1;+1. The minimum Gasteiger partial charge on any atom is -0.857 e. The summed E-state index contributed by atoms with van der Waals surface area (Å²) in [5, 5.41) is 8.25. The number of amides is 2. The molecule has 0 atom stereocenters. The molecule has 2 amide bonds. The smallest absolute Gasteiger partial charge is 0.857 e. The molecule has 5 nitrogen and oxygen atoms in total. The van der Waals surface area contributed by atoms with Crippen molar-refractivity contribution in [2.24, 2.45) is 5.73 Å². The summed E-state index contributed by atoms with van der Waals surface area (Å²) in [7, 11) is 0.750. The first-order chi connectivity index (χ1) is 9.16. The molecule has 1 aromatic rings. The van der Waals surface area contributed by atoms with Crippen LogP contribution in [0.5, 0.6) is 0 Å². The van der Waals surface area contributed by atoms with Crippen molar-refractivity contribution in [1.29, 1.82) is 0 Å². The predicted octanol–water partition coefficient (Wildman–Crippen LogP) is -3.18. The fourth-order valence-corrected chi connectivity index (χ4v) is 2.10. The first-order valence-electron chi connectivity index (χ1n) is 6.20. The fourth-order valence-electron chi connectivity index (χ4n) is 2.10. The number of hydrogen-bond donors (Lipinski definition) is 1. The number of carbonyl (C=O) groups is 2. The van der Waals surface area contributed by atoms with E-state index in [9.17, 15) is 9.59 Å². The summed E-state index contributed by atoms with van der Waals surface area (Å²) in [6.07, 6.45) is 1.24. The third kappa shape index (κ3) is 6.03. The monoisotopic (exact) mass is 302 g/mol. The molecule has 1 aromatic carbocycles. The van der Waals surface area contributed by atoms with Gasteiger partial charge >= 0.3 is 51.4 Å². The van der Waals surface area contributed by atoms with Crippen LogP contribution < -0.4 is 62.2 Å². The van der Waals surface area contributed by atoms with Crippen LogP contribution >= 0.6 is 0 Å². The van der Waals surface area contributed by atoms with Crippen molar-refractivity contribution in [2.75, 3.05) is 13.7 Å². The van der Waals surface area contributed by atoms with Gasteiger partial charge < -0.3 is 15.7 Å². The quantitative estimate of drug-likeness (QED) is 0.597. The first kappa shape index (κ1) is 19.8. The molecule has 20 heavy (non-hydrogen) atoms. The van der Waals surface area contributed by atoms with Gasteiger partial charge in [0, 0.05) is 25.9 Å². The Kier molecular flexibility index (Phi) is 10.4. The molecule has 0 spiro atoms. The number of hydrogen-bond acceptors (Lipinski definition) is 3. The zero-order valence-electron chi connectivity index (χ0n) is 12.1. The molecule has 2 N–H and O–H groups in total. The Hall–Kier alpha value is -0.244. The molecule has 1 aliphatic rings. The molecule has 1 heterocycles. The molecule has 104 valence electrons. The van der Waals surface area contributed by atoms with Gasteiger partial charge in [-0.05, 0) is 17.5 Å². The molecule has 0 bridgehead atoms. The van der Waals surface area contributed by atoms with Gasteiger partial charge in [0.2, 0.25) is 11.8 Å². The van der Waals surface area contributed by atoms with Crippen LogP contribution in [0.3, 0.4) is 0 Å². The van der Waals surface area contributed by atoms with E-state index in [-0.39, 0.29) is 70.1 Å². The largest absolute Gasteiger partial charge is 1.00 e. The molecule has 0 unspecified atom stereocenters. The zero-order valence-corrected chi connectivity index (χ0v) is 15.2. The molecule has 0 aromatic heterocycles. The van der Waals surface area contributed by atoms with Gasteiger partial charge in [-0.1, -0.05) is 24.3 Å². The third-order valence-electron chi connectivity index (χ3n) is 3.07. The molecular formula is C14H19KN2O3. The molecule has 6 heteroatoms. The van der Waals surface area contributed by atoms with Crippen LogP contribution in [-0.2, 0) is 22.6 Å². The minimum atomic E-state index is -0.421. The van der Waals surface area contributed by atoms with E-state index < -0.39 is 5.91 Å². The summed E-state index contributed by atoms with van der Waals surface area (Å²) in [6, 6.07) is 8.14. The normalized spacial score (nSPS) is 12.4. The Morgan fingerprint density at radius 3 is 2.40 bits per heavy atom. The Balaban J connectivity index is 0.00000115. The second kappa shape index (κ2) is 10.5. The first-order valence-corrected chi connectivity index (χ1v) is 6.20. The van der Waals surface area contributed by atoms with E-state index in [1.165, 1.54) is 11.1 Å². The second-order valence-electron chi connectivity index (χ2n) is 4.30. The van der Waals surface area contributed by atoms with Gasteiger partial charge in [0.25, 0.3) is 0 Å². The molecule has 0 aliphatic carbocycles. The number of nitrogens with two attached hydrogens (primary N) is 1. The molecule has 0 saturated carbocycles. The second-order valence-corrected chi connectivity index (χ2v) is 4.30. The van der Waals surface area contributed by atoms with Crippen LogP contribution in [0.25, 0.3) is 0 Å². The van der Waals surface area contributed by atoms with E-state index in [0.717, 1.165) is 20.1 Å². The summed E-state index contributed by atoms with van der Waals surface area (Å²) in [5.74, 6) is -0.408. The Bertz CT molecular complexity index is 452. The van der Waals surface area contributed by atoms with E-state index in [0.29, 0.717) is 6.54 Å². The maximum Gasteiger partial charge on any atom is 1.00 e. The van der Waals surface area contributed by atoms with Crippen molar-refractivity contribution in [1.82, 2.24) is 4.90 Å². The summed E-state index contributed by atoms with van der Waals surface area (Å²) >= 11 is 0. The van der Waals surface area contributed by atoms with E-state index in [1.807, 2.05) is 18.2 Å². The SMILES string of the molecule is C[O-].NC(=O)CCC(=O)N1CCc2ccccc2C1.[K+]. The van der Waals surface area contributed by atoms with Crippen LogP contribution in [0, 0.1) is 0 Å². The molecule has 1 aliphatic heterocycles. The van der Waals surface area contributed by atoms with Crippen LogP contribution in [0.1, 0.15) is 24.0 Å². The van der Waals surface area contributed by atoms with Crippen molar-refractivity contribution in [3.63, 3.8) is 0 Å². The molecule has 2 rings (SSSR count). The predicted molar refractivity (Wildman–Crippen MR) is 69.9 cm³/mol. The number of primary amides is 1. The van der Waals surface area contributed by atoms with Gasteiger partial charge in [0.15, 0.2) is 0 Å². The maximum atomic E-state index is 11.8. The van der Waals surface area contributed by atoms with Gasteiger partial charge in [-0.15, -0.1) is 0 Å². The Morgan fingerprint density at radius 1 is 1.20 bits per heavy atom. The summed E-state index contributed by atoms with van der Waals surface area (Å²) < 4.78 is 0. The van der Waals surface area contributed by atoms with E-state index >= 15 is 0 Å². The third-order valence-corrected chi connectivity index (χ3v) is 3.07. The molecule has 0 fully saturated rings. The van der Waals surface area contributed by atoms with E-state index in [2.05, 4.69) is 6.07 Å². The van der Waals surface area contributed by atoms with Gasteiger partial charge in [-0.3, -0.25) is 9.59 Å². The van der Waals surface area contributed by atoms with Crippen LogP contribution in [0.2, 0.25) is 0 Å². The number of nitrogens with zero attached hydrogens (tertiary/aromatic N) is 1. The van der Waals surface area contributed by atoms with Crippen LogP contribution in [0.4, 0.5) is 0 Å². The van der Waals surface area contributed by atoms with E-state index in [1.54, 1.807) is 4.90 Å². The number of benzene rings is 1. The number of carbonyl (C=O) groups excluding carboxylic acids is 2. The maximum absolute atomic E-state index is 11.8. The Labute approximate surface area is 161 Å². The van der Waals surface area contributed by atoms with Crippen molar-refractivity contribution >= 4 is 11.8 Å². The summed E-state index contributed by atoms with van der Waals surface area (Å²) in [4.78, 5) is 24.3. The number of fused-ring (bicyclic) bond motifs is 1. The van der Waals surface area contributed by atoms with Crippen molar-refractivity contribution in [3.8, 4) is 0 Å². The average Bonchev–Trinajstić information content (AvgIpc) is 2.46. The van der Waals surface area contributed by atoms with Gasteiger partial charge in [-0.2, -0.15) is 7.11 Å². The Morgan fingerprint density at radius 2 is 1.80 bits per heavy atom. The van der Waals surface area contributed by atoms with Crippen molar-refractivity contribution < 1.29 is 66.1 Å². The molecule has 0 saturated heterocycles. The summed E-state index contributed by atoms with van der Waals surface area (Å²) in [5.41, 5.74) is 7.55. The van der Waals surface area contributed by atoms with Gasteiger partial charge in [0.1, 0.15) is 0 Å². The van der Waals surface area contributed by atoms with E-state index in [4.69, 9.17) is 10.8 Å². The number of rotatable bonds is 3. The average molecular weight is 302 g/mol.